The van der Waals surface area contributed by atoms with Crippen LogP contribution < -0.4 is 10.2 Å². The molecular formula is C17H16N4O3. The molecule has 2 rings (SSSR count). The van der Waals surface area contributed by atoms with Crippen molar-refractivity contribution in [3.8, 4) is 0 Å². The minimum Gasteiger partial charge on any atom is -0.346 e. The van der Waals surface area contributed by atoms with Crippen molar-refractivity contribution in [3.05, 3.63) is 66.6 Å². The maximum Gasteiger partial charge on any atom is 0.255 e. The zero-order valence-electron chi connectivity index (χ0n) is 12.9. The van der Waals surface area contributed by atoms with Gasteiger partial charge in [0, 0.05) is 12.4 Å². The van der Waals surface area contributed by atoms with E-state index in [9.17, 15) is 14.4 Å². The van der Waals surface area contributed by atoms with Gasteiger partial charge in [-0.15, -0.1) is 0 Å². The molecule has 2 aromatic heterocycles. The number of carbonyl (C=O) groups excluding carboxylic acids is 3. The van der Waals surface area contributed by atoms with Gasteiger partial charge in [0.15, 0.2) is 0 Å². The number of hydrogen-bond acceptors (Lipinski definition) is 5. The van der Waals surface area contributed by atoms with Gasteiger partial charge in [0.1, 0.15) is 12.1 Å². The van der Waals surface area contributed by atoms with Crippen LogP contribution >= 0.6 is 0 Å². The number of anilines is 1. The first kappa shape index (κ1) is 17.0. The topological polar surface area (TPSA) is 92.3 Å². The van der Waals surface area contributed by atoms with E-state index in [4.69, 9.17) is 0 Å². The second-order valence-corrected chi connectivity index (χ2v) is 4.70. The monoisotopic (exact) mass is 324 g/mol. The van der Waals surface area contributed by atoms with Gasteiger partial charge in [0.2, 0.25) is 0 Å². The average Bonchev–Trinajstić information content (AvgIpc) is 2.64. The van der Waals surface area contributed by atoms with Crippen LogP contribution in [0.3, 0.4) is 0 Å². The SMILES string of the molecule is C=CC(=O)N(CC=O)c1ncccc1C(=O)NCc1ccccn1. The molecule has 7 nitrogen and oxygen atoms in total. The van der Waals surface area contributed by atoms with Gasteiger partial charge in [-0.2, -0.15) is 0 Å². The highest BCUT2D eigenvalue weighted by Crippen LogP contribution is 2.17. The number of nitrogens with one attached hydrogen (secondary N) is 1. The Balaban J connectivity index is 2.23. The van der Waals surface area contributed by atoms with Crippen LogP contribution in [-0.4, -0.2) is 34.6 Å². The second kappa shape index (κ2) is 8.33. The Labute approximate surface area is 139 Å². The molecule has 122 valence electrons. The van der Waals surface area contributed by atoms with Gasteiger partial charge in [-0.05, 0) is 30.3 Å². The quantitative estimate of drug-likeness (QED) is 0.609. The lowest BCUT2D eigenvalue weighted by Crippen LogP contribution is -2.34. The molecule has 0 atom stereocenters. The molecule has 0 aromatic carbocycles. The fourth-order valence-corrected chi connectivity index (χ4v) is 2.02. The van der Waals surface area contributed by atoms with E-state index in [1.165, 1.54) is 12.3 Å². The van der Waals surface area contributed by atoms with Crippen molar-refractivity contribution in [1.29, 1.82) is 0 Å². The molecule has 1 N–H and O–H groups in total. The summed E-state index contributed by atoms with van der Waals surface area (Å²) in [7, 11) is 0. The Kier molecular flexibility index (Phi) is 5.90. The minimum absolute atomic E-state index is 0.105. The molecule has 0 aliphatic carbocycles. The predicted octanol–water partition coefficient (Wildman–Crippen LogP) is 1.12. The summed E-state index contributed by atoms with van der Waals surface area (Å²) in [4.78, 5) is 44.5. The molecule has 2 aromatic rings. The highest BCUT2D eigenvalue weighted by molar-refractivity contribution is 6.07. The molecule has 0 radical (unpaired) electrons. The number of rotatable bonds is 7. The van der Waals surface area contributed by atoms with Crippen molar-refractivity contribution in [2.24, 2.45) is 0 Å². The maximum absolute atomic E-state index is 12.4. The summed E-state index contributed by atoms with van der Waals surface area (Å²) in [5, 5.41) is 2.72. The van der Waals surface area contributed by atoms with Crippen molar-refractivity contribution >= 4 is 23.9 Å². The number of carbonyl (C=O) groups is 3. The van der Waals surface area contributed by atoms with E-state index < -0.39 is 11.8 Å². The molecular weight excluding hydrogens is 308 g/mol. The predicted molar refractivity (Wildman–Crippen MR) is 88.3 cm³/mol. The van der Waals surface area contributed by atoms with Gasteiger partial charge in [-0.25, -0.2) is 4.98 Å². The molecule has 0 bridgehead atoms. The molecule has 0 fully saturated rings. The van der Waals surface area contributed by atoms with E-state index in [2.05, 4.69) is 21.9 Å². The van der Waals surface area contributed by atoms with E-state index in [0.717, 1.165) is 11.0 Å². The van der Waals surface area contributed by atoms with Crippen LogP contribution in [0.1, 0.15) is 16.1 Å². The van der Waals surface area contributed by atoms with Crippen molar-refractivity contribution in [1.82, 2.24) is 15.3 Å². The van der Waals surface area contributed by atoms with Gasteiger partial charge in [0.25, 0.3) is 11.8 Å². The zero-order valence-corrected chi connectivity index (χ0v) is 12.9. The normalized spacial score (nSPS) is 9.83. The van der Waals surface area contributed by atoms with Gasteiger partial charge >= 0.3 is 0 Å². The average molecular weight is 324 g/mol. The molecule has 0 aliphatic rings. The number of aldehydes is 1. The molecule has 7 heteroatoms. The molecule has 0 saturated heterocycles. The molecule has 0 unspecified atom stereocenters. The Bertz CT molecular complexity index is 747. The lowest BCUT2D eigenvalue weighted by Gasteiger charge is -2.20. The van der Waals surface area contributed by atoms with E-state index in [1.807, 2.05) is 6.07 Å². The van der Waals surface area contributed by atoms with Crippen molar-refractivity contribution < 1.29 is 14.4 Å². The summed E-state index contributed by atoms with van der Waals surface area (Å²) >= 11 is 0. The molecule has 2 heterocycles. The molecule has 24 heavy (non-hydrogen) atoms. The third-order valence-electron chi connectivity index (χ3n) is 3.14. The van der Waals surface area contributed by atoms with Crippen LogP contribution in [-0.2, 0) is 16.1 Å². The van der Waals surface area contributed by atoms with Crippen LogP contribution in [0.25, 0.3) is 0 Å². The van der Waals surface area contributed by atoms with Gasteiger partial charge in [0.05, 0.1) is 24.3 Å². The summed E-state index contributed by atoms with van der Waals surface area (Å²) in [6.07, 6.45) is 4.70. The van der Waals surface area contributed by atoms with E-state index in [0.29, 0.717) is 12.0 Å². The highest BCUT2D eigenvalue weighted by atomic mass is 16.2. The molecule has 0 saturated carbocycles. The largest absolute Gasteiger partial charge is 0.346 e. The number of hydrogen-bond donors (Lipinski definition) is 1. The fraction of sp³-hybridized carbons (Fsp3) is 0.118. The summed E-state index contributed by atoms with van der Waals surface area (Å²) in [6, 6.07) is 8.49. The van der Waals surface area contributed by atoms with Gasteiger partial charge in [-0.1, -0.05) is 12.6 Å². The standard InChI is InChI=1S/C17H16N4O3/c1-2-15(23)21(10-11-22)16-14(7-5-9-19-16)17(24)20-12-13-6-3-4-8-18-13/h2-9,11H,1,10,12H2,(H,20,24). The second-order valence-electron chi connectivity index (χ2n) is 4.70. The number of nitrogens with zero attached hydrogens (tertiary/aromatic N) is 3. The lowest BCUT2D eigenvalue weighted by atomic mass is 10.2. The van der Waals surface area contributed by atoms with Crippen LogP contribution in [0.2, 0.25) is 0 Å². The summed E-state index contributed by atoms with van der Waals surface area (Å²) in [5.74, 6) is -0.830. The summed E-state index contributed by atoms with van der Waals surface area (Å²) in [5.41, 5.74) is 0.883. The first-order chi connectivity index (χ1) is 11.7. The fourth-order valence-electron chi connectivity index (χ4n) is 2.02. The number of amides is 2. The van der Waals surface area contributed by atoms with Crippen LogP contribution in [0.5, 0.6) is 0 Å². The Morgan fingerprint density at radius 2 is 1.96 bits per heavy atom. The molecule has 2 amide bonds. The lowest BCUT2D eigenvalue weighted by molar-refractivity contribution is -0.116. The van der Waals surface area contributed by atoms with Crippen LogP contribution in [0.4, 0.5) is 5.82 Å². The third kappa shape index (κ3) is 4.10. The van der Waals surface area contributed by atoms with Crippen LogP contribution in [0.15, 0.2) is 55.4 Å². The molecule has 0 spiro atoms. The Morgan fingerprint density at radius 3 is 2.62 bits per heavy atom. The molecule has 0 aliphatic heterocycles. The van der Waals surface area contributed by atoms with Crippen molar-refractivity contribution in [2.45, 2.75) is 6.54 Å². The highest BCUT2D eigenvalue weighted by Gasteiger charge is 2.21. The number of pyridine rings is 2. The minimum atomic E-state index is -0.514. The van der Waals surface area contributed by atoms with E-state index >= 15 is 0 Å². The first-order valence-electron chi connectivity index (χ1n) is 7.18. The zero-order chi connectivity index (χ0) is 17.4. The van der Waals surface area contributed by atoms with E-state index in [-0.39, 0.29) is 24.5 Å². The Morgan fingerprint density at radius 1 is 1.17 bits per heavy atom. The van der Waals surface area contributed by atoms with Crippen molar-refractivity contribution in [2.75, 3.05) is 11.4 Å². The van der Waals surface area contributed by atoms with E-state index in [1.54, 1.807) is 24.4 Å². The van der Waals surface area contributed by atoms with Gasteiger partial charge in [-0.3, -0.25) is 19.5 Å². The maximum atomic E-state index is 12.4. The van der Waals surface area contributed by atoms with Crippen molar-refractivity contribution in [3.63, 3.8) is 0 Å². The summed E-state index contributed by atoms with van der Waals surface area (Å²) < 4.78 is 0. The number of aromatic nitrogens is 2. The first-order valence-corrected chi connectivity index (χ1v) is 7.18. The summed E-state index contributed by atoms with van der Waals surface area (Å²) in [6.45, 7) is 3.41. The van der Waals surface area contributed by atoms with Gasteiger partial charge < -0.3 is 10.1 Å². The smallest absolute Gasteiger partial charge is 0.255 e. The van der Waals surface area contributed by atoms with Crippen LogP contribution in [0, 0.1) is 0 Å². The Hall–Kier alpha value is -3.35. The third-order valence-corrected chi connectivity index (χ3v) is 3.14.